The summed E-state index contributed by atoms with van der Waals surface area (Å²) in [6, 6.07) is 6.17. The van der Waals surface area contributed by atoms with Crippen LogP contribution in [0.1, 0.15) is 5.69 Å². The van der Waals surface area contributed by atoms with E-state index in [2.05, 4.69) is 15.3 Å². The Morgan fingerprint density at radius 2 is 1.67 bits per heavy atom. The molecular weight excluding hydrogens is 544 g/mol. The van der Waals surface area contributed by atoms with Crippen molar-refractivity contribution in [1.82, 2.24) is 9.78 Å². The van der Waals surface area contributed by atoms with Gasteiger partial charge < -0.3 is 29.5 Å². The van der Waals surface area contributed by atoms with Crippen LogP contribution in [-0.4, -0.2) is 36.1 Å². The minimum absolute atomic E-state index is 0. The number of rotatable bonds is 5. The maximum absolute atomic E-state index is 12.6. The number of azo groups is 1. The number of aromatic nitrogens is 2. The van der Waals surface area contributed by atoms with Crippen LogP contribution in [0.5, 0.6) is 5.75 Å². The van der Waals surface area contributed by atoms with E-state index in [1.54, 1.807) is 0 Å². The van der Waals surface area contributed by atoms with Crippen molar-refractivity contribution in [2.24, 2.45) is 10.2 Å². The summed E-state index contributed by atoms with van der Waals surface area (Å²) in [4.78, 5) is 10.9. The molecule has 1 N–H and O–H groups in total. The molecule has 0 radical (unpaired) electrons. The molecule has 0 unspecified atom stereocenters. The molecule has 0 aliphatic carbocycles. The second kappa shape index (κ2) is 10.2. The Morgan fingerprint density at radius 3 is 2.24 bits per heavy atom. The monoisotopic (exact) mass is 553 g/mol. The molecule has 0 saturated heterocycles. The van der Waals surface area contributed by atoms with Gasteiger partial charge in [0.05, 0.1) is 15.5 Å². The first-order valence-corrected chi connectivity index (χ1v) is 11.2. The van der Waals surface area contributed by atoms with Gasteiger partial charge in [0.1, 0.15) is 25.9 Å². The third kappa shape index (κ3) is 6.07. The van der Waals surface area contributed by atoms with Crippen molar-refractivity contribution >= 4 is 43.2 Å². The molecule has 3 aromatic rings. The number of hydrogen-bond donors (Lipinski definition) is 0. The van der Waals surface area contributed by atoms with Gasteiger partial charge >= 0.3 is 17.4 Å². The van der Waals surface area contributed by atoms with Gasteiger partial charge in [-0.3, -0.25) is 4.79 Å². The van der Waals surface area contributed by atoms with Crippen LogP contribution in [0.2, 0.25) is 5.02 Å². The van der Waals surface area contributed by atoms with Gasteiger partial charge in [-0.05, 0) is 30.3 Å². The molecular formula is C16H10ClCrN4O9S2-. The normalized spacial score (nSPS) is 11.8. The number of aryl methyl sites for hydroxylation is 1. The fourth-order valence-corrected chi connectivity index (χ4v) is 3.87. The third-order valence-electron chi connectivity index (χ3n) is 3.87. The van der Waals surface area contributed by atoms with Gasteiger partial charge in [0.25, 0.3) is 5.56 Å². The van der Waals surface area contributed by atoms with E-state index in [1.165, 1.54) is 19.1 Å². The van der Waals surface area contributed by atoms with Crippen LogP contribution in [0.25, 0.3) is 5.69 Å². The molecule has 0 aliphatic heterocycles. The van der Waals surface area contributed by atoms with E-state index >= 15 is 0 Å². The summed E-state index contributed by atoms with van der Waals surface area (Å²) in [6.45, 7) is 1.37. The molecule has 0 fully saturated rings. The summed E-state index contributed by atoms with van der Waals surface area (Å²) in [6.07, 6.45) is 0. The second-order valence-corrected chi connectivity index (χ2v) is 9.17. The van der Waals surface area contributed by atoms with Gasteiger partial charge in [0.2, 0.25) is 0 Å². The molecule has 0 spiro atoms. The van der Waals surface area contributed by atoms with E-state index in [0.717, 1.165) is 22.9 Å². The average molecular weight is 554 g/mol. The second-order valence-electron chi connectivity index (χ2n) is 6.01. The van der Waals surface area contributed by atoms with Gasteiger partial charge in [0, 0.05) is 10.7 Å². The van der Waals surface area contributed by atoms with Crippen molar-refractivity contribution in [2.45, 2.75) is 16.7 Å². The van der Waals surface area contributed by atoms with E-state index in [9.17, 15) is 35.8 Å². The SMILES string of the molecule is Cc1[n-]n(-c2cccc(S(=O)(=O)[O-])c2)c(=O)c1N=Nc1cc(Cl)cc(S(=O)(=O)[O-])c1[O-].[Cr+4].[OH-]. The van der Waals surface area contributed by atoms with E-state index in [1.807, 2.05) is 0 Å². The maximum atomic E-state index is 12.6. The number of hydrogen-bond acceptors (Lipinski definition) is 11. The van der Waals surface area contributed by atoms with Crippen LogP contribution >= 0.6 is 11.6 Å². The Hall–Kier alpha value is -2.55. The van der Waals surface area contributed by atoms with Crippen molar-refractivity contribution in [2.75, 3.05) is 0 Å². The molecule has 17 heteroatoms. The molecule has 2 aromatic carbocycles. The zero-order valence-electron chi connectivity index (χ0n) is 16.1. The first-order valence-electron chi connectivity index (χ1n) is 8.00. The Morgan fingerprint density at radius 1 is 1.03 bits per heavy atom. The molecule has 1 aromatic heterocycles. The molecule has 0 saturated carbocycles. The topological polar surface area (TPSA) is 228 Å². The molecule has 0 bridgehead atoms. The quantitative estimate of drug-likeness (QED) is 0.319. The minimum Gasteiger partial charge on any atom is -0.870 e. The molecule has 13 nitrogen and oxygen atoms in total. The molecule has 3 rings (SSSR count). The summed E-state index contributed by atoms with van der Waals surface area (Å²) in [5.41, 5.74) is -1.85. The third-order valence-corrected chi connectivity index (χ3v) is 5.76. The summed E-state index contributed by atoms with van der Waals surface area (Å²) < 4.78 is 67.9. The zero-order chi connectivity index (χ0) is 23.1. The van der Waals surface area contributed by atoms with Crippen molar-refractivity contribution in [3.8, 4) is 11.4 Å². The molecule has 174 valence electrons. The molecule has 0 amide bonds. The van der Waals surface area contributed by atoms with Crippen LogP contribution in [-0.2, 0) is 37.6 Å². The number of nitrogens with zero attached hydrogens (tertiary/aromatic N) is 4. The van der Waals surface area contributed by atoms with Crippen molar-refractivity contribution in [3.63, 3.8) is 0 Å². The minimum atomic E-state index is -5.13. The van der Waals surface area contributed by atoms with E-state index in [0.29, 0.717) is 6.07 Å². The predicted molar refractivity (Wildman–Crippen MR) is 103 cm³/mol. The number of benzene rings is 2. The fraction of sp³-hybridized carbons (Fsp3) is 0.0625. The summed E-state index contributed by atoms with van der Waals surface area (Å²) in [5.74, 6) is -1.26. The first-order chi connectivity index (χ1) is 14.3. The van der Waals surface area contributed by atoms with Crippen molar-refractivity contribution in [3.05, 3.63) is 57.5 Å². The summed E-state index contributed by atoms with van der Waals surface area (Å²) in [5, 5.41) is 22.9. The maximum Gasteiger partial charge on any atom is 4.00 e. The molecule has 33 heavy (non-hydrogen) atoms. The molecule has 0 atom stereocenters. The Balaban J connectivity index is 0.00000272. The molecule has 0 aliphatic rings. The Kier molecular flexibility index (Phi) is 8.77. The Labute approximate surface area is 202 Å². The largest absolute Gasteiger partial charge is 4.00 e. The smallest absolute Gasteiger partial charge is 0.870 e. The zero-order valence-corrected chi connectivity index (χ0v) is 19.7. The van der Waals surface area contributed by atoms with Crippen molar-refractivity contribution in [1.29, 1.82) is 0 Å². The number of halogens is 1. The van der Waals surface area contributed by atoms with Gasteiger partial charge in [-0.2, -0.15) is 5.11 Å². The predicted octanol–water partition coefficient (Wildman–Crippen LogP) is 0.874. The summed E-state index contributed by atoms with van der Waals surface area (Å²) >= 11 is 5.71. The summed E-state index contributed by atoms with van der Waals surface area (Å²) in [7, 11) is -9.91. The van der Waals surface area contributed by atoms with Gasteiger partial charge in [0.15, 0.2) is 0 Å². The standard InChI is InChI=1S/C16H13ClN4O8S2.Cr.H2O/c1-8-14(19-18-12-5-9(17)6-13(15(12)22)31(27,28)29)16(23)21(20-8)10-3-2-4-11(7-10)30(24,25)26;;/h2-7H,1H3,(H4,18,19,20,22,23,24,25,26,27,28,29);;1H2/q;+4;/p-5. The molecule has 1 heterocycles. The van der Waals surface area contributed by atoms with Crippen LogP contribution < -0.4 is 15.8 Å². The van der Waals surface area contributed by atoms with Crippen LogP contribution in [0.4, 0.5) is 11.4 Å². The Bertz CT molecular complexity index is 1500. The van der Waals surface area contributed by atoms with Crippen LogP contribution in [0.3, 0.4) is 0 Å². The van der Waals surface area contributed by atoms with E-state index in [-0.39, 0.29) is 44.9 Å². The van der Waals surface area contributed by atoms with Gasteiger partial charge in [-0.25, -0.2) is 16.8 Å². The average Bonchev–Trinajstić information content (AvgIpc) is 2.94. The van der Waals surface area contributed by atoms with Gasteiger partial charge in [-0.1, -0.05) is 30.3 Å². The van der Waals surface area contributed by atoms with E-state index < -0.39 is 47.0 Å². The van der Waals surface area contributed by atoms with E-state index in [4.69, 9.17) is 11.6 Å². The van der Waals surface area contributed by atoms with Crippen LogP contribution in [0.15, 0.2) is 61.2 Å². The van der Waals surface area contributed by atoms with Gasteiger partial charge in [-0.15, -0.1) is 10.8 Å². The fourth-order valence-electron chi connectivity index (χ4n) is 2.48. The van der Waals surface area contributed by atoms with Crippen molar-refractivity contribution < 1.29 is 53.9 Å². The van der Waals surface area contributed by atoms with Crippen LogP contribution in [0, 0.1) is 6.92 Å². The first kappa shape index (κ1) is 28.5.